The van der Waals surface area contributed by atoms with E-state index in [-0.39, 0.29) is 5.75 Å². The summed E-state index contributed by atoms with van der Waals surface area (Å²) in [6.45, 7) is 0. The van der Waals surface area contributed by atoms with E-state index in [1.165, 1.54) is 7.11 Å². The van der Waals surface area contributed by atoms with Crippen LogP contribution < -0.4 is 5.73 Å². The monoisotopic (exact) mass is 459 g/mol. The Balaban J connectivity index is 0.000000465. The number of hydrogen-bond acceptors (Lipinski definition) is 5. The van der Waals surface area contributed by atoms with E-state index in [9.17, 15) is 10.2 Å². The molecule has 1 aliphatic carbocycles. The number of fused-ring (bicyclic) bond motifs is 1. The van der Waals surface area contributed by atoms with Gasteiger partial charge >= 0.3 is 7.82 Å². The van der Waals surface area contributed by atoms with Gasteiger partial charge in [0.15, 0.2) is 5.72 Å². The number of ether oxygens (including phenoxy) is 1. The molecule has 0 saturated heterocycles. The maximum Gasteiger partial charge on any atom is 0.466 e. The fourth-order valence-corrected chi connectivity index (χ4v) is 3.47. The van der Waals surface area contributed by atoms with Crippen molar-refractivity contribution in [1.82, 2.24) is 0 Å². The van der Waals surface area contributed by atoms with E-state index in [1.807, 2.05) is 30.3 Å². The third-order valence-electron chi connectivity index (χ3n) is 3.92. The normalized spacial score (nSPS) is 22.6. The lowest BCUT2D eigenvalue weighted by Crippen LogP contribution is -2.53. The maximum atomic E-state index is 10.7. The van der Waals surface area contributed by atoms with Gasteiger partial charge in [-0.2, -0.15) is 0 Å². The first kappa shape index (κ1) is 21.7. The molecule has 0 saturated carbocycles. The van der Waals surface area contributed by atoms with Gasteiger partial charge in [0, 0.05) is 28.1 Å². The van der Waals surface area contributed by atoms with E-state index < -0.39 is 19.7 Å². The number of methoxy groups -OCH3 is 1. The van der Waals surface area contributed by atoms with Gasteiger partial charge in [0.1, 0.15) is 11.9 Å². The van der Waals surface area contributed by atoms with Crippen molar-refractivity contribution in [2.45, 2.75) is 11.8 Å². The van der Waals surface area contributed by atoms with E-state index >= 15 is 0 Å². The van der Waals surface area contributed by atoms with Gasteiger partial charge < -0.3 is 29.6 Å². The van der Waals surface area contributed by atoms with Crippen LogP contribution in [-0.4, -0.2) is 43.8 Å². The molecule has 3 rings (SSSR count). The fraction of sp³-hybridized carbons (Fsp3) is 0.176. The van der Waals surface area contributed by atoms with Gasteiger partial charge in [-0.25, -0.2) is 4.57 Å². The molecule has 0 aromatic heterocycles. The molecule has 0 spiro atoms. The zero-order chi connectivity index (χ0) is 20.4. The second-order valence-electron chi connectivity index (χ2n) is 5.77. The van der Waals surface area contributed by atoms with Crippen LogP contribution in [0.25, 0.3) is 16.3 Å². The van der Waals surface area contributed by atoms with Gasteiger partial charge in [-0.05, 0) is 11.5 Å². The van der Waals surface area contributed by atoms with E-state index in [2.05, 4.69) is 15.9 Å². The average Bonchev–Trinajstić information content (AvgIpc) is 2.55. The number of halogens is 1. The Morgan fingerprint density at radius 3 is 2.33 bits per heavy atom. The van der Waals surface area contributed by atoms with Crippen LogP contribution in [0.15, 0.2) is 53.0 Å². The van der Waals surface area contributed by atoms with Gasteiger partial charge in [-0.15, -0.1) is 0 Å². The number of phosphoric acid groups is 1. The summed E-state index contributed by atoms with van der Waals surface area (Å²) in [5.41, 5.74) is 5.24. The molecule has 7 N–H and O–H groups in total. The first-order valence-corrected chi connectivity index (χ1v) is 9.94. The number of benzene rings is 2. The van der Waals surface area contributed by atoms with Gasteiger partial charge in [0.05, 0.1) is 0 Å². The highest BCUT2D eigenvalue weighted by Gasteiger charge is 2.42. The highest BCUT2D eigenvalue weighted by atomic mass is 79.9. The molecule has 0 aliphatic heterocycles. The highest BCUT2D eigenvalue weighted by molar-refractivity contribution is 9.11. The van der Waals surface area contributed by atoms with Gasteiger partial charge in [-0.1, -0.05) is 58.4 Å². The second-order valence-corrected chi connectivity index (χ2v) is 7.71. The minimum absolute atomic E-state index is 0.0921. The van der Waals surface area contributed by atoms with Gasteiger partial charge in [0.2, 0.25) is 0 Å². The molecule has 10 heteroatoms. The van der Waals surface area contributed by atoms with Crippen LogP contribution in [0.3, 0.4) is 0 Å². The summed E-state index contributed by atoms with van der Waals surface area (Å²) in [4.78, 5) is 21.6. The minimum atomic E-state index is -4.64. The summed E-state index contributed by atoms with van der Waals surface area (Å²) in [5, 5.41) is 22.9. The predicted octanol–water partition coefficient (Wildman–Crippen LogP) is 1.95. The van der Waals surface area contributed by atoms with Crippen molar-refractivity contribution in [1.29, 1.82) is 0 Å². The standard InChI is InChI=1S/C17H16BrNO3.H3O4P/c1-22-16-14(18)9-8-13(17(16,19)21)12-7-6-10-4-2-3-5-11(10)15(12)20;1-5(2,3)4/h2-9,16,20-21H,19H2,1H3;(H3,1,2,3,4). The SMILES string of the molecule is COC1C(Br)=CC=C(c2ccc3ccccc3c2O)C1(N)O.O=P(O)(O)O. The number of phenolic OH excluding ortho intramolecular Hbond substituents is 1. The predicted molar refractivity (Wildman–Crippen MR) is 105 cm³/mol. The Morgan fingerprint density at radius 1 is 1.15 bits per heavy atom. The van der Waals surface area contributed by atoms with E-state index in [1.54, 1.807) is 18.2 Å². The number of phenols is 1. The molecule has 2 unspecified atom stereocenters. The quantitative estimate of drug-likeness (QED) is 0.294. The van der Waals surface area contributed by atoms with Crippen LogP contribution in [0, 0.1) is 0 Å². The second kappa shape index (κ2) is 8.22. The smallest absolute Gasteiger partial charge is 0.466 e. The summed E-state index contributed by atoms with van der Waals surface area (Å²) < 4.78 is 14.8. The van der Waals surface area contributed by atoms with Crippen LogP contribution in [0.4, 0.5) is 0 Å². The van der Waals surface area contributed by atoms with Crippen molar-refractivity contribution in [3.8, 4) is 5.75 Å². The third-order valence-corrected chi connectivity index (χ3v) is 4.60. The Hall–Kier alpha value is -1.55. The third kappa shape index (κ3) is 5.04. The lowest BCUT2D eigenvalue weighted by Gasteiger charge is -2.36. The zero-order valence-corrected chi connectivity index (χ0v) is 16.6. The van der Waals surface area contributed by atoms with Gasteiger partial charge in [-0.3, -0.25) is 5.73 Å². The van der Waals surface area contributed by atoms with E-state index in [4.69, 9.17) is 29.7 Å². The van der Waals surface area contributed by atoms with Crippen LogP contribution >= 0.6 is 23.8 Å². The van der Waals surface area contributed by atoms with Crippen molar-refractivity contribution in [2.75, 3.05) is 7.11 Å². The molecule has 27 heavy (non-hydrogen) atoms. The molecule has 0 heterocycles. The summed E-state index contributed by atoms with van der Waals surface area (Å²) in [5.74, 6) is 0.0921. The Bertz CT molecular complexity index is 943. The first-order chi connectivity index (χ1) is 12.5. The maximum absolute atomic E-state index is 10.7. The molecule has 146 valence electrons. The molecule has 2 atom stereocenters. The molecule has 2 aromatic rings. The van der Waals surface area contributed by atoms with Crippen molar-refractivity contribution < 1.29 is 34.2 Å². The number of aromatic hydroxyl groups is 1. The summed E-state index contributed by atoms with van der Waals surface area (Å²) in [7, 11) is -3.17. The van der Waals surface area contributed by atoms with Crippen LogP contribution in [0.5, 0.6) is 5.75 Å². The lowest BCUT2D eigenvalue weighted by molar-refractivity contribution is -0.0281. The number of aliphatic hydroxyl groups is 1. The molecular formula is C17H19BrNO7P. The fourth-order valence-electron chi connectivity index (χ4n) is 2.81. The number of allylic oxidation sites excluding steroid dienone is 2. The van der Waals surface area contributed by atoms with Crippen molar-refractivity contribution >= 4 is 40.1 Å². The Labute approximate surface area is 163 Å². The number of nitrogens with two attached hydrogens (primary N) is 1. The highest BCUT2D eigenvalue weighted by Crippen LogP contribution is 2.41. The largest absolute Gasteiger partial charge is 0.507 e. The Kier molecular flexibility index (Phi) is 6.62. The van der Waals surface area contributed by atoms with Gasteiger partial charge in [0.25, 0.3) is 0 Å². The molecule has 2 aromatic carbocycles. The van der Waals surface area contributed by atoms with Crippen molar-refractivity contribution in [2.24, 2.45) is 5.73 Å². The lowest BCUT2D eigenvalue weighted by atomic mass is 9.86. The topological polar surface area (TPSA) is 153 Å². The molecule has 1 aliphatic rings. The summed E-state index contributed by atoms with van der Waals surface area (Å²) in [6.07, 6.45) is 2.71. The molecular weight excluding hydrogens is 441 g/mol. The van der Waals surface area contributed by atoms with E-state index in [0.717, 1.165) is 5.39 Å². The molecule has 8 nitrogen and oxygen atoms in total. The molecule has 0 bridgehead atoms. The van der Waals surface area contributed by atoms with Crippen LogP contribution in [0.1, 0.15) is 5.56 Å². The summed E-state index contributed by atoms with van der Waals surface area (Å²) >= 11 is 3.34. The average molecular weight is 460 g/mol. The van der Waals surface area contributed by atoms with E-state index in [0.29, 0.717) is 21.0 Å². The zero-order valence-electron chi connectivity index (χ0n) is 14.2. The van der Waals surface area contributed by atoms with Crippen molar-refractivity contribution in [3.63, 3.8) is 0 Å². The number of rotatable bonds is 2. The van der Waals surface area contributed by atoms with Crippen LogP contribution in [-0.2, 0) is 9.30 Å². The molecule has 0 radical (unpaired) electrons. The molecule has 0 fully saturated rings. The summed E-state index contributed by atoms with van der Waals surface area (Å²) in [6, 6.07) is 11.1. The molecule has 0 amide bonds. The van der Waals surface area contributed by atoms with Crippen molar-refractivity contribution in [3.05, 3.63) is 58.6 Å². The number of hydrogen-bond donors (Lipinski definition) is 6. The first-order valence-electron chi connectivity index (χ1n) is 7.58. The minimum Gasteiger partial charge on any atom is -0.507 e. The Morgan fingerprint density at radius 2 is 1.74 bits per heavy atom. The van der Waals surface area contributed by atoms with Crippen LogP contribution in [0.2, 0.25) is 0 Å².